The third-order valence-corrected chi connectivity index (χ3v) is 5.57. The second-order valence-electron chi connectivity index (χ2n) is 6.38. The van der Waals surface area contributed by atoms with Crippen LogP contribution < -0.4 is 19.5 Å². The van der Waals surface area contributed by atoms with E-state index in [-0.39, 0.29) is 5.91 Å². The highest BCUT2D eigenvalue weighted by atomic mass is 32.1. The largest absolute Gasteiger partial charge is 0.493 e. The van der Waals surface area contributed by atoms with Crippen LogP contribution in [0, 0.1) is 6.92 Å². The number of ether oxygens (including phenoxy) is 3. The topological polar surface area (TPSA) is 69.7 Å². The Bertz CT molecular complexity index is 961. The number of anilines is 1. The van der Waals surface area contributed by atoms with Crippen molar-refractivity contribution in [2.45, 2.75) is 19.8 Å². The zero-order chi connectivity index (χ0) is 20.8. The Morgan fingerprint density at radius 3 is 2.28 bits per heavy atom. The molecule has 0 aliphatic carbocycles. The summed E-state index contributed by atoms with van der Waals surface area (Å²) in [5.41, 5.74) is 2.93. The Morgan fingerprint density at radius 1 is 1.03 bits per heavy atom. The first-order chi connectivity index (χ1) is 14.0. The third kappa shape index (κ3) is 4.86. The van der Waals surface area contributed by atoms with Crippen LogP contribution in [0.25, 0.3) is 10.4 Å². The van der Waals surface area contributed by atoms with Gasteiger partial charge in [-0.1, -0.05) is 41.7 Å². The minimum absolute atomic E-state index is 0.0906. The van der Waals surface area contributed by atoms with Crippen molar-refractivity contribution in [3.63, 3.8) is 0 Å². The monoisotopic (exact) mass is 412 g/mol. The SMILES string of the molecule is COc1cc(CCC(=O)Nc2nc(C)c(-c3ccccc3)s2)cc(OC)c1OC. The molecular formula is C22H24N2O4S. The lowest BCUT2D eigenvalue weighted by Gasteiger charge is -2.14. The van der Waals surface area contributed by atoms with Crippen molar-refractivity contribution >= 4 is 22.4 Å². The molecule has 1 heterocycles. The minimum atomic E-state index is -0.0906. The number of rotatable bonds is 8. The zero-order valence-electron chi connectivity index (χ0n) is 16.9. The fourth-order valence-electron chi connectivity index (χ4n) is 3.03. The molecule has 152 valence electrons. The fourth-order valence-corrected chi connectivity index (χ4v) is 4.01. The molecule has 0 unspecified atom stereocenters. The summed E-state index contributed by atoms with van der Waals surface area (Å²) in [6, 6.07) is 13.7. The highest BCUT2D eigenvalue weighted by Gasteiger charge is 2.15. The molecule has 0 aliphatic rings. The number of nitrogens with one attached hydrogen (secondary N) is 1. The average molecular weight is 413 g/mol. The number of aromatic nitrogens is 1. The molecule has 0 spiro atoms. The molecule has 7 heteroatoms. The molecule has 1 amide bonds. The van der Waals surface area contributed by atoms with Crippen LogP contribution in [0.4, 0.5) is 5.13 Å². The summed E-state index contributed by atoms with van der Waals surface area (Å²) in [5.74, 6) is 1.60. The molecule has 3 rings (SSSR count). The molecule has 0 bridgehead atoms. The number of aryl methyl sites for hydroxylation is 2. The van der Waals surface area contributed by atoms with Gasteiger partial charge in [0.1, 0.15) is 0 Å². The lowest BCUT2D eigenvalue weighted by molar-refractivity contribution is -0.116. The molecule has 0 aliphatic heterocycles. The zero-order valence-corrected chi connectivity index (χ0v) is 17.8. The number of amides is 1. The van der Waals surface area contributed by atoms with Crippen LogP contribution in [0.3, 0.4) is 0 Å². The van der Waals surface area contributed by atoms with Gasteiger partial charge in [0.15, 0.2) is 16.6 Å². The molecule has 29 heavy (non-hydrogen) atoms. The molecule has 0 saturated heterocycles. The van der Waals surface area contributed by atoms with E-state index in [9.17, 15) is 4.79 Å². The van der Waals surface area contributed by atoms with Gasteiger partial charge >= 0.3 is 0 Å². The predicted molar refractivity (Wildman–Crippen MR) is 115 cm³/mol. The molecule has 0 fully saturated rings. The Labute approximate surface area is 174 Å². The van der Waals surface area contributed by atoms with Crippen molar-refractivity contribution < 1.29 is 19.0 Å². The van der Waals surface area contributed by atoms with E-state index in [0.717, 1.165) is 21.7 Å². The Morgan fingerprint density at radius 2 is 1.69 bits per heavy atom. The quantitative estimate of drug-likeness (QED) is 0.580. The number of carbonyl (C=O) groups excluding carboxylic acids is 1. The van der Waals surface area contributed by atoms with E-state index in [0.29, 0.717) is 35.2 Å². The van der Waals surface area contributed by atoms with E-state index in [1.54, 1.807) is 21.3 Å². The van der Waals surface area contributed by atoms with E-state index in [1.165, 1.54) is 11.3 Å². The van der Waals surface area contributed by atoms with Crippen LogP contribution >= 0.6 is 11.3 Å². The molecule has 1 aromatic heterocycles. The van der Waals surface area contributed by atoms with Crippen molar-refractivity contribution in [1.29, 1.82) is 0 Å². The lowest BCUT2D eigenvalue weighted by atomic mass is 10.1. The van der Waals surface area contributed by atoms with E-state index in [2.05, 4.69) is 10.3 Å². The van der Waals surface area contributed by atoms with Gasteiger partial charge in [0.25, 0.3) is 0 Å². The number of benzene rings is 2. The lowest BCUT2D eigenvalue weighted by Crippen LogP contribution is -2.12. The normalized spacial score (nSPS) is 10.5. The highest BCUT2D eigenvalue weighted by molar-refractivity contribution is 7.19. The van der Waals surface area contributed by atoms with E-state index in [1.807, 2.05) is 49.4 Å². The van der Waals surface area contributed by atoms with Gasteiger partial charge < -0.3 is 19.5 Å². The Hall–Kier alpha value is -3.06. The standard InChI is InChI=1S/C22H24N2O4S/c1-14-21(16-8-6-5-7-9-16)29-22(23-14)24-19(25)11-10-15-12-17(26-2)20(28-4)18(13-15)27-3/h5-9,12-13H,10-11H2,1-4H3,(H,23,24,25). The first-order valence-corrected chi connectivity index (χ1v) is 9.99. The van der Waals surface area contributed by atoms with Crippen LogP contribution in [0.1, 0.15) is 17.7 Å². The maximum absolute atomic E-state index is 12.4. The summed E-state index contributed by atoms with van der Waals surface area (Å²) < 4.78 is 16.1. The average Bonchev–Trinajstić information content (AvgIpc) is 3.11. The molecular weight excluding hydrogens is 388 g/mol. The van der Waals surface area contributed by atoms with Gasteiger partial charge in [-0.25, -0.2) is 4.98 Å². The number of thiazole rings is 1. The summed E-state index contributed by atoms with van der Waals surface area (Å²) in [7, 11) is 4.71. The van der Waals surface area contributed by atoms with Crippen LogP contribution in [-0.2, 0) is 11.2 Å². The summed E-state index contributed by atoms with van der Waals surface area (Å²) in [6.45, 7) is 1.95. The molecule has 2 aromatic carbocycles. The van der Waals surface area contributed by atoms with Crippen LogP contribution in [-0.4, -0.2) is 32.2 Å². The summed E-state index contributed by atoms with van der Waals surface area (Å²) in [4.78, 5) is 18.0. The second-order valence-corrected chi connectivity index (χ2v) is 7.38. The first kappa shape index (κ1) is 20.7. The van der Waals surface area contributed by atoms with Crippen molar-refractivity contribution in [2.24, 2.45) is 0 Å². The summed E-state index contributed by atoms with van der Waals surface area (Å²) in [6.07, 6.45) is 0.858. The van der Waals surface area contributed by atoms with Gasteiger partial charge in [-0.05, 0) is 36.6 Å². The maximum Gasteiger partial charge on any atom is 0.226 e. The van der Waals surface area contributed by atoms with Gasteiger partial charge in [0.2, 0.25) is 11.7 Å². The van der Waals surface area contributed by atoms with E-state index < -0.39 is 0 Å². The van der Waals surface area contributed by atoms with Crippen LogP contribution in [0.15, 0.2) is 42.5 Å². The third-order valence-electron chi connectivity index (χ3n) is 4.44. The van der Waals surface area contributed by atoms with Crippen LogP contribution in [0.2, 0.25) is 0 Å². The Kier molecular flexibility index (Phi) is 6.72. The minimum Gasteiger partial charge on any atom is -0.493 e. The number of hydrogen-bond donors (Lipinski definition) is 1. The number of methoxy groups -OCH3 is 3. The van der Waals surface area contributed by atoms with Gasteiger partial charge in [-0.3, -0.25) is 4.79 Å². The smallest absolute Gasteiger partial charge is 0.226 e. The second kappa shape index (κ2) is 9.43. The number of carbonyl (C=O) groups is 1. The van der Waals surface area contributed by atoms with E-state index >= 15 is 0 Å². The number of nitrogens with zero attached hydrogens (tertiary/aromatic N) is 1. The molecule has 6 nitrogen and oxygen atoms in total. The molecule has 0 radical (unpaired) electrons. The van der Waals surface area contributed by atoms with Gasteiger partial charge in [-0.2, -0.15) is 0 Å². The molecule has 1 N–H and O–H groups in total. The van der Waals surface area contributed by atoms with Gasteiger partial charge in [-0.15, -0.1) is 0 Å². The van der Waals surface area contributed by atoms with Crippen molar-refractivity contribution in [2.75, 3.05) is 26.6 Å². The molecule has 0 atom stereocenters. The Balaban J connectivity index is 1.66. The fraction of sp³-hybridized carbons (Fsp3) is 0.273. The van der Waals surface area contributed by atoms with Crippen LogP contribution in [0.5, 0.6) is 17.2 Å². The molecule has 0 saturated carbocycles. The molecule has 3 aromatic rings. The first-order valence-electron chi connectivity index (χ1n) is 9.17. The van der Waals surface area contributed by atoms with Crippen molar-refractivity contribution in [1.82, 2.24) is 4.98 Å². The van der Waals surface area contributed by atoms with Crippen molar-refractivity contribution in [3.8, 4) is 27.7 Å². The van der Waals surface area contributed by atoms with Crippen molar-refractivity contribution in [3.05, 3.63) is 53.7 Å². The van der Waals surface area contributed by atoms with Gasteiger partial charge in [0, 0.05) is 6.42 Å². The maximum atomic E-state index is 12.4. The predicted octanol–water partition coefficient (Wildman–Crippen LogP) is 4.72. The number of hydrogen-bond acceptors (Lipinski definition) is 6. The summed E-state index contributed by atoms with van der Waals surface area (Å²) in [5, 5.41) is 3.51. The van der Waals surface area contributed by atoms with E-state index in [4.69, 9.17) is 14.2 Å². The highest BCUT2D eigenvalue weighted by Crippen LogP contribution is 2.38. The summed E-state index contributed by atoms with van der Waals surface area (Å²) >= 11 is 1.48. The van der Waals surface area contributed by atoms with Gasteiger partial charge in [0.05, 0.1) is 31.9 Å².